The first-order valence-corrected chi connectivity index (χ1v) is 6.36. The zero-order valence-electron chi connectivity index (χ0n) is 10.1. The molecule has 1 amide bonds. The highest BCUT2D eigenvalue weighted by atomic mass is 32.1. The summed E-state index contributed by atoms with van der Waals surface area (Å²) in [4.78, 5) is 19.1. The van der Waals surface area contributed by atoms with Crippen molar-refractivity contribution >= 4 is 17.2 Å². The minimum Gasteiger partial charge on any atom is -0.379 e. The Morgan fingerprint density at radius 3 is 3.06 bits per heavy atom. The summed E-state index contributed by atoms with van der Waals surface area (Å²) in [5.41, 5.74) is 5.20. The van der Waals surface area contributed by atoms with Crippen LogP contribution >= 0.6 is 11.3 Å². The van der Waals surface area contributed by atoms with Gasteiger partial charge < -0.3 is 15.4 Å². The smallest absolute Gasteiger partial charge is 0.245 e. The number of carbonyl (C=O) groups is 1. The molecule has 2 heterocycles. The number of hydrogen-bond acceptors (Lipinski definition) is 5. The van der Waals surface area contributed by atoms with Gasteiger partial charge in [-0.1, -0.05) is 0 Å². The van der Waals surface area contributed by atoms with Gasteiger partial charge in [0.05, 0.1) is 18.2 Å². The molecule has 0 saturated carbocycles. The summed E-state index contributed by atoms with van der Waals surface area (Å²) < 4.78 is 5.20. The second kappa shape index (κ2) is 4.72. The molecule has 1 aliphatic rings. The maximum atomic E-state index is 12.2. The van der Waals surface area contributed by atoms with Gasteiger partial charge in [0.15, 0.2) is 0 Å². The Morgan fingerprint density at radius 1 is 1.76 bits per heavy atom. The van der Waals surface area contributed by atoms with Gasteiger partial charge in [-0.2, -0.15) is 0 Å². The summed E-state index contributed by atoms with van der Waals surface area (Å²) >= 11 is 1.60. The van der Waals surface area contributed by atoms with Crippen molar-refractivity contribution in [1.29, 1.82) is 0 Å². The highest BCUT2D eigenvalue weighted by Gasteiger charge is 2.40. The Kier molecular flexibility index (Phi) is 3.46. The van der Waals surface area contributed by atoms with Crippen LogP contribution < -0.4 is 5.73 Å². The van der Waals surface area contributed by atoms with Crippen LogP contribution in [0.15, 0.2) is 6.20 Å². The summed E-state index contributed by atoms with van der Waals surface area (Å²) in [5.74, 6) is -0.0546. The molecule has 0 aromatic carbocycles. The third-order valence-electron chi connectivity index (χ3n) is 2.89. The van der Waals surface area contributed by atoms with Crippen molar-refractivity contribution in [3.05, 3.63) is 16.1 Å². The molecule has 1 saturated heterocycles. The summed E-state index contributed by atoms with van der Waals surface area (Å²) in [7, 11) is 1.77. The standard InChI is InChI=1S/C11H17N3O2S/c1-8-13-5-9(17-8)6-14(2)10(15)11(12)3-4-16-7-11/h5H,3-4,6-7,12H2,1-2H3. The lowest BCUT2D eigenvalue weighted by atomic mass is 9.98. The van der Waals surface area contributed by atoms with Crippen molar-refractivity contribution in [2.45, 2.75) is 25.4 Å². The van der Waals surface area contributed by atoms with E-state index >= 15 is 0 Å². The van der Waals surface area contributed by atoms with Gasteiger partial charge in [0.1, 0.15) is 5.54 Å². The Labute approximate surface area is 105 Å². The lowest BCUT2D eigenvalue weighted by Gasteiger charge is -2.27. The minimum absolute atomic E-state index is 0.0546. The molecule has 1 aliphatic heterocycles. The largest absolute Gasteiger partial charge is 0.379 e. The number of amides is 1. The van der Waals surface area contributed by atoms with Crippen molar-refractivity contribution in [3.8, 4) is 0 Å². The van der Waals surface area contributed by atoms with Crippen LogP contribution in [-0.2, 0) is 16.1 Å². The second-order valence-electron chi connectivity index (χ2n) is 4.47. The van der Waals surface area contributed by atoms with E-state index in [0.29, 0.717) is 26.2 Å². The number of aromatic nitrogens is 1. The van der Waals surface area contributed by atoms with E-state index in [1.54, 1.807) is 29.5 Å². The Bertz CT molecular complexity index is 413. The first-order chi connectivity index (χ1) is 8.01. The van der Waals surface area contributed by atoms with Gasteiger partial charge in [-0.15, -0.1) is 11.3 Å². The van der Waals surface area contributed by atoms with Crippen LogP contribution in [0.3, 0.4) is 0 Å². The van der Waals surface area contributed by atoms with Crippen LogP contribution in [0.4, 0.5) is 0 Å². The second-order valence-corrected chi connectivity index (χ2v) is 5.78. The third kappa shape index (κ3) is 2.65. The normalized spacial score (nSPS) is 23.9. The molecule has 94 valence electrons. The van der Waals surface area contributed by atoms with E-state index in [0.717, 1.165) is 9.88 Å². The summed E-state index contributed by atoms with van der Waals surface area (Å²) in [6.07, 6.45) is 2.40. The molecule has 1 atom stereocenters. The Hall–Kier alpha value is -0.980. The highest BCUT2D eigenvalue weighted by molar-refractivity contribution is 7.11. The summed E-state index contributed by atoms with van der Waals surface area (Å²) in [6, 6.07) is 0. The van der Waals surface area contributed by atoms with E-state index in [4.69, 9.17) is 10.5 Å². The molecule has 1 unspecified atom stereocenters. The van der Waals surface area contributed by atoms with E-state index in [2.05, 4.69) is 4.98 Å². The monoisotopic (exact) mass is 255 g/mol. The molecule has 2 N–H and O–H groups in total. The third-order valence-corrected chi connectivity index (χ3v) is 3.78. The fourth-order valence-corrected chi connectivity index (χ4v) is 2.76. The summed E-state index contributed by atoms with van der Waals surface area (Å²) in [6.45, 7) is 3.39. The first-order valence-electron chi connectivity index (χ1n) is 5.55. The SMILES string of the molecule is Cc1ncc(CN(C)C(=O)C2(N)CCOC2)s1. The maximum absolute atomic E-state index is 12.2. The van der Waals surface area contributed by atoms with Gasteiger partial charge in [0.25, 0.3) is 0 Å². The molecule has 17 heavy (non-hydrogen) atoms. The molecular weight excluding hydrogens is 238 g/mol. The van der Waals surface area contributed by atoms with E-state index in [1.165, 1.54) is 0 Å². The van der Waals surface area contributed by atoms with Gasteiger partial charge in [-0.05, 0) is 13.3 Å². The van der Waals surface area contributed by atoms with Gasteiger partial charge in [0, 0.05) is 24.7 Å². The van der Waals surface area contributed by atoms with Crippen molar-refractivity contribution in [2.75, 3.05) is 20.3 Å². The summed E-state index contributed by atoms with van der Waals surface area (Å²) in [5, 5.41) is 1.01. The molecule has 1 aromatic rings. The first kappa shape index (κ1) is 12.5. The zero-order chi connectivity index (χ0) is 12.5. The Morgan fingerprint density at radius 2 is 2.53 bits per heavy atom. The topological polar surface area (TPSA) is 68.5 Å². The average Bonchev–Trinajstić information content (AvgIpc) is 2.88. The van der Waals surface area contributed by atoms with Crippen LogP contribution in [0, 0.1) is 6.92 Å². The molecular formula is C11H17N3O2S. The number of aryl methyl sites for hydroxylation is 1. The van der Waals surface area contributed by atoms with Crippen LogP contribution in [-0.4, -0.2) is 41.6 Å². The number of ether oxygens (including phenoxy) is 1. The number of nitrogens with two attached hydrogens (primary N) is 1. The van der Waals surface area contributed by atoms with E-state index < -0.39 is 5.54 Å². The van der Waals surface area contributed by atoms with Crippen molar-refractivity contribution in [2.24, 2.45) is 5.73 Å². The number of rotatable bonds is 3. The van der Waals surface area contributed by atoms with Gasteiger partial charge >= 0.3 is 0 Å². The number of hydrogen-bond donors (Lipinski definition) is 1. The molecule has 6 heteroatoms. The van der Waals surface area contributed by atoms with E-state index in [-0.39, 0.29) is 5.91 Å². The Balaban J connectivity index is 2.00. The number of carbonyl (C=O) groups excluding carboxylic acids is 1. The molecule has 0 spiro atoms. The van der Waals surface area contributed by atoms with Gasteiger partial charge in [-0.25, -0.2) is 4.98 Å². The predicted octanol–water partition coefficient (Wildman–Crippen LogP) is 0.528. The molecule has 2 rings (SSSR count). The fourth-order valence-electron chi connectivity index (χ4n) is 1.91. The highest BCUT2D eigenvalue weighted by Crippen LogP contribution is 2.20. The predicted molar refractivity (Wildman–Crippen MR) is 65.7 cm³/mol. The van der Waals surface area contributed by atoms with Crippen molar-refractivity contribution < 1.29 is 9.53 Å². The molecule has 0 radical (unpaired) electrons. The molecule has 1 fully saturated rings. The van der Waals surface area contributed by atoms with Crippen LogP contribution in [0.2, 0.25) is 0 Å². The molecule has 5 nitrogen and oxygen atoms in total. The molecule has 0 bridgehead atoms. The fraction of sp³-hybridized carbons (Fsp3) is 0.636. The lowest BCUT2D eigenvalue weighted by Crippen LogP contribution is -2.54. The number of thiazole rings is 1. The zero-order valence-corrected chi connectivity index (χ0v) is 10.9. The van der Waals surface area contributed by atoms with Crippen LogP contribution in [0.1, 0.15) is 16.3 Å². The molecule has 0 aliphatic carbocycles. The van der Waals surface area contributed by atoms with Crippen LogP contribution in [0.5, 0.6) is 0 Å². The lowest BCUT2D eigenvalue weighted by molar-refractivity contribution is -0.136. The number of nitrogens with zero attached hydrogens (tertiary/aromatic N) is 2. The van der Waals surface area contributed by atoms with Crippen molar-refractivity contribution in [3.63, 3.8) is 0 Å². The van der Waals surface area contributed by atoms with Crippen molar-refractivity contribution in [1.82, 2.24) is 9.88 Å². The van der Waals surface area contributed by atoms with Crippen LogP contribution in [0.25, 0.3) is 0 Å². The van der Waals surface area contributed by atoms with Gasteiger partial charge in [0.2, 0.25) is 5.91 Å². The minimum atomic E-state index is -0.839. The average molecular weight is 255 g/mol. The van der Waals surface area contributed by atoms with Gasteiger partial charge in [-0.3, -0.25) is 4.79 Å². The number of likely N-dealkylation sites (N-methyl/N-ethyl adjacent to an activating group) is 1. The molecule has 1 aromatic heterocycles. The maximum Gasteiger partial charge on any atom is 0.245 e. The van der Waals surface area contributed by atoms with E-state index in [9.17, 15) is 4.79 Å². The quantitative estimate of drug-likeness (QED) is 0.855. The van der Waals surface area contributed by atoms with E-state index in [1.807, 2.05) is 6.92 Å².